The van der Waals surface area contributed by atoms with Crippen molar-refractivity contribution in [2.75, 3.05) is 4.90 Å². The summed E-state index contributed by atoms with van der Waals surface area (Å²) in [5, 5.41) is 0.503. The number of hydrogen-bond donors (Lipinski definition) is 0. The van der Waals surface area contributed by atoms with Gasteiger partial charge in [0.25, 0.3) is 0 Å². The van der Waals surface area contributed by atoms with Crippen molar-refractivity contribution in [1.82, 2.24) is 0 Å². The summed E-state index contributed by atoms with van der Waals surface area (Å²) in [6.07, 6.45) is 3.54. The van der Waals surface area contributed by atoms with Crippen LogP contribution in [-0.4, -0.2) is 29.4 Å². The smallest absolute Gasteiger partial charge is 0.185 e. The second-order valence-corrected chi connectivity index (χ2v) is 11.1. The van der Waals surface area contributed by atoms with E-state index >= 15 is 0 Å². The molecule has 6 heteroatoms. The van der Waals surface area contributed by atoms with Crippen LogP contribution in [0.25, 0.3) is 6.08 Å². The van der Waals surface area contributed by atoms with Gasteiger partial charge in [-0.1, -0.05) is 90.0 Å². The average Bonchev–Trinajstić information content (AvgIpc) is 3.39. The van der Waals surface area contributed by atoms with Crippen LogP contribution in [0, 0.1) is 18.2 Å². The molecule has 196 valence electrons. The fraction of sp³-hybridized carbons (Fsp3) is 0.147. The maximum absolute atomic E-state index is 14.6. The van der Waals surface area contributed by atoms with E-state index in [4.69, 9.17) is 11.6 Å². The van der Waals surface area contributed by atoms with E-state index in [1.165, 1.54) is 12.1 Å². The minimum atomic E-state index is -1.61. The number of fused-ring (bicyclic) bond motifs is 5. The van der Waals surface area contributed by atoms with Crippen LogP contribution in [0.5, 0.6) is 0 Å². The second kappa shape index (κ2) is 8.83. The lowest BCUT2D eigenvalue weighted by molar-refractivity contribution is 0.0666. The molecule has 0 unspecified atom stereocenters. The van der Waals surface area contributed by atoms with Crippen LogP contribution in [0.1, 0.15) is 53.7 Å². The number of nitrogens with zero attached hydrogens (tertiary/aromatic N) is 1. The Kier molecular flexibility index (Phi) is 5.45. The van der Waals surface area contributed by atoms with Crippen LogP contribution < -0.4 is 4.90 Å². The van der Waals surface area contributed by atoms with Crippen LogP contribution in [-0.2, 0) is 0 Å². The van der Waals surface area contributed by atoms with E-state index in [2.05, 4.69) is 0 Å². The molecule has 4 nitrogen and oxygen atoms in total. The molecule has 1 spiro atoms. The van der Waals surface area contributed by atoms with Gasteiger partial charge in [-0.05, 0) is 42.8 Å². The van der Waals surface area contributed by atoms with Crippen molar-refractivity contribution >= 4 is 40.7 Å². The Hall–Kier alpha value is -4.35. The van der Waals surface area contributed by atoms with E-state index in [1.54, 1.807) is 78.9 Å². The fourth-order valence-electron chi connectivity index (χ4n) is 6.88. The molecule has 0 radical (unpaired) electrons. The third-order valence-corrected chi connectivity index (χ3v) is 8.85. The highest BCUT2D eigenvalue weighted by molar-refractivity contribution is 6.32. The largest absolute Gasteiger partial charge is 0.352 e. The van der Waals surface area contributed by atoms with E-state index in [1.807, 2.05) is 24.0 Å². The summed E-state index contributed by atoms with van der Waals surface area (Å²) >= 11 is 6.26. The van der Waals surface area contributed by atoms with Gasteiger partial charge in [-0.25, -0.2) is 4.39 Å². The first-order chi connectivity index (χ1) is 19.3. The van der Waals surface area contributed by atoms with Gasteiger partial charge in [-0.2, -0.15) is 0 Å². The molecule has 0 bridgehead atoms. The van der Waals surface area contributed by atoms with Crippen molar-refractivity contribution < 1.29 is 18.8 Å². The first-order valence-corrected chi connectivity index (χ1v) is 13.5. The van der Waals surface area contributed by atoms with Gasteiger partial charge in [-0.15, -0.1) is 0 Å². The summed E-state index contributed by atoms with van der Waals surface area (Å²) in [6.45, 7) is 1.94. The number of carbonyl (C=O) groups is 3. The van der Waals surface area contributed by atoms with Crippen molar-refractivity contribution in [3.8, 4) is 0 Å². The van der Waals surface area contributed by atoms with Gasteiger partial charge < -0.3 is 4.90 Å². The van der Waals surface area contributed by atoms with Crippen LogP contribution in [0.4, 0.5) is 10.1 Å². The molecule has 2 heterocycles. The summed E-state index contributed by atoms with van der Waals surface area (Å²) in [5.74, 6) is -2.08. The molecular weight excluding hydrogens is 525 g/mol. The molecule has 1 saturated heterocycles. The molecule has 0 aromatic heterocycles. The SMILES string of the molecule is Cc1ccc(C(=O)[C@@H]2[C@@H](c3ccc(Cl)cc3)C3(C(=O)c4ccccc4C3=O)[C@@H]3C=Cc4cc(F)ccc4N23)cc1. The molecule has 4 aromatic rings. The lowest BCUT2D eigenvalue weighted by Gasteiger charge is -2.37. The zero-order chi connectivity index (χ0) is 27.8. The second-order valence-electron chi connectivity index (χ2n) is 10.7. The van der Waals surface area contributed by atoms with Gasteiger partial charge >= 0.3 is 0 Å². The number of ketones is 3. The van der Waals surface area contributed by atoms with E-state index in [0.29, 0.717) is 38.5 Å². The van der Waals surface area contributed by atoms with Gasteiger partial charge in [0, 0.05) is 38.9 Å². The maximum atomic E-state index is 14.6. The molecule has 0 N–H and O–H groups in total. The van der Waals surface area contributed by atoms with Gasteiger partial charge in [0.15, 0.2) is 17.3 Å². The van der Waals surface area contributed by atoms with Crippen molar-refractivity contribution in [2.45, 2.75) is 24.9 Å². The predicted molar refractivity (Wildman–Crippen MR) is 153 cm³/mol. The van der Waals surface area contributed by atoms with Crippen LogP contribution in [0.2, 0.25) is 5.02 Å². The number of halogens is 2. The topological polar surface area (TPSA) is 54.5 Å². The third-order valence-electron chi connectivity index (χ3n) is 8.60. The van der Waals surface area contributed by atoms with Gasteiger partial charge in [0.2, 0.25) is 0 Å². The van der Waals surface area contributed by atoms with Crippen LogP contribution >= 0.6 is 11.6 Å². The lowest BCUT2D eigenvalue weighted by atomic mass is 9.64. The monoisotopic (exact) mass is 547 g/mol. The minimum absolute atomic E-state index is 0.219. The zero-order valence-electron chi connectivity index (χ0n) is 21.5. The fourth-order valence-corrected chi connectivity index (χ4v) is 7.01. The number of aryl methyl sites for hydroxylation is 1. The number of rotatable bonds is 3. The van der Waals surface area contributed by atoms with Crippen molar-refractivity contribution in [3.05, 3.63) is 141 Å². The summed E-state index contributed by atoms with van der Waals surface area (Å²) in [6, 6.07) is 23.8. The van der Waals surface area contributed by atoms with E-state index in [9.17, 15) is 18.8 Å². The lowest BCUT2D eigenvalue weighted by Crippen LogP contribution is -2.48. The van der Waals surface area contributed by atoms with Gasteiger partial charge in [0.1, 0.15) is 17.3 Å². The third kappa shape index (κ3) is 3.28. The highest BCUT2D eigenvalue weighted by Crippen LogP contribution is 2.61. The van der Waals surface area contributed by atoms with Crippen molar-refractivity contribution in [1.29, 1.82) is 0 Å². The summed E-state index contributed by atoms with van der Waals surface area (Å²) < 4.78 is 14.3. The Morgan fingerprint density at radius 3 is 2.17 bits per heavy atom. The Morgan fingerprint density at radius 1 is 0.875 bits per heavy atom. The quantitative estimate of drug-likeness (QED) is 0.203. The minimum Gasteiger partial charge on any atom is -0.352 e. The standard InChI is InChI=1S/C34H23ClFNO3/c1-19-6-8-21(9-7-19)31(38)30-29(20-10-13-23(35)14-11-20)34(32(39)25-4-2-3-5-26(25)33(34)40)28-17-12-22-18-24(36)15-16-27(22)37(28)30/h2-18,28-30H,1H3/t28-,29+,30-/m0/s1. The van der Waals surface area contributed by atoms with E-state index < -0.39 is 29.2 Å². The molecule has 40 heavy (non-hydrogen) atoms. The first-order valence-electron chi connectivity index (χ1n) is 13.1. The predicted octanol–water partition coefficient (Wildman–Crippen LogP) is 7.10. The Labute approximate surface area is 235 Å². The van der Waals surface area contributed by atoms with Crippen molar-refractivity contribution in [2.24, 2.45) is 5.41 Å². The van der Waals surface area contributed by atoms with Gasteiger partial charge in [0.05, 0.1) is 6.04 Å². The zero-order valence-corrected chi connectivity index (χ0v) is 22.2. The molecule has 1 aliphatic carbocycles. The molecule has 1 fully saturated rings. The highest BCUT2D eigenvalue weighted by atomic mass is 35.5. The summed E-state index contributed by atoms with van der Waals surface area (Å²) in [5.41, 5.74) is 2.43. The number of Topliss-reactive ketones (excluding diaryl/α,β-unsaturated/α-hetero) is 3. The molecule has 7 rings (SSSR count). The maximum Gasteiger partial charge on any atom is 0.185 e. The molecule has 4 aromatic carbocycles. The average molecular weight is 548 g/mol. The molecule has 0 saturated carbocycles. The number of carbonyl (C=O) groups excluding carboxylic acids is 3. The first kappa shape index (κ1) is 24.7. The molecule has 2 aliphatic heterocycles. The molecule has 0 amide bonds. The molecule has 3 aliphatic rings. The summed E-state index contributed by atoms with van der Waals surface area (Å²) in [4.78, 5) is 45.6. The van der Waals surface area contributed by atoms with Crippen LogP contribution in [0.15, 0.2) is 97.1 Å². The van der Waals surface area contributed by atoms with Crippen LogP contribution in [0.3, 0.4) is 0 Å². The molecule has 3 atom stereocenters. The Morgan fingerprint density at radius 2 is 1.52 bits per heavy atom. The van der Waals surface area contributed by atoms with E-state index in [-0.39, 0.29) is 17.3 Å². The Bertz CT molecular complexity index is 1720. The Balaban J connectivity index is 1.54. The highest BCUT2D eigenvalue weighted by Gasteiger charge is 2.71. The van der Waals surface area contributed by atoms with E-state index in [0.717, 1.165) is 5.56 Å². The van der Waals surface area contributed by atoms with Crippen molar-refractivity contribution in [3.63, 3.8) is 0 Å². The summed E-state index contributed by atoms with van der Waals surface area (Å²) in [7, 11) is 0. The van der Waals surface area contributed by atoms with Gasteiger partial charge in [-0.3, -0.25) is 14.4 Å². The number of benzene rings is 4. The molecular formula is C34H23ClFNO3. The number of anilines is 1. The number of hydrogen-bond acceptors (Lipinski definition) is 4. The normalized spacial score (nSPS) is 21.9.